The van der Waals surface area contributed by atoms with Crippen LogP contribution >= 0.6 is 0 Å². The van der Waals surface area contributed by atoms with Crippen LogP contribution in [0.15, 0.2) is 0 Å². The molecule has 8 heavy (non-hydrogen) atoms. The second kappa shape index (κ2) is 2.45. The fourth-order valence-corrected chi connectivity index (χ4v) is 0.483. The molecule has 0 amide bonds. The van der Waals surface area contributed by atoms with E-state index in [1.54, 1.807) is 0 Å². The van der Waals surface area contributed by atoms with Crippen molar-refractivity contribution in [3.8, 4) is 0 Å². The SMILES string of the molecule is OB1OCC(O)CO1. The molecule has 4 nitrogen and oxygen atoms in total. The van der Waals surface area contributed by atoms with Gasteiger partial charge in [0, 0.05) is 0 Å². The molecule has 46 valence electrons. The molecule has 1 aliphatic rings. The number of aliphatic hydroxyl groups excluding tert-OH is 1. The second-order valence-corrected chi connectivity index (χ2v) is 1.63. The highest BCUT2D eigenvalue weighted by atomic mass is 16.7. The summed E-state index contributed by atoms with van der Waals surface area (Å²) in [5.41, 5.74) is 0. The third-order valence-corrected chi connectivity index (χ3v) is 0.862. The van der Waals surface area contributed by atoms with Crippen molar-refractivity contribution in [3.63, 3.8) is 0 Å². The van der Waals surface area contributed by atoms with Crippen molar-refractivity contribution >= 4 is 7.32 Å². The highest BCUT2D eigenvalue weighted by Gasteiger charge is 2.24. The summed E-state index contributed by atoms with van der Waals surface area (Å²) in [7, 11) is -1.14. The average molecular weight is 118 g/mol. The maximum absolute atomic E-state index is 8.67. The van der Waals surface area contributed by atoms with Crippen molar-refractivity contribution in [2.24, 2.45) is 0 Å². The predicted octanol–water partition coefficient (Wildman–Crippen LogP) is -1.63. The van der Waals surface area contributed by atoms with E-state index in [4.69, 9.17) is 10.1 Å². The Bertz CT molecular complexity index is 59.7. The summed E-state index contributed by atoms with van der Waals surface area (Å²) in [4.78, 5) is 0. The largest absolute Gasteiger partial charge is 0.636 e. The first-order valence-electron chi connectivity index (χ1n) is 2.38. The van der Waals surface area contributed by atoms with E-state index in [0.29, 0.717) is 0 Å². The van der Waals surface area contributed by atoms with E-state index in [0.717, 1.165) is 0 Å². The zero-order valence-corrected chi connectivity index (χ0v) is 4.28. The minimum Gasteiger partial charge on any atom is -0.402 e. The molecule has 1 fully saturated rings. The molecule has 0 aromatic carbocycles. The van der Waals surface area contributed by atoms with Crippen molar-refractivity contribution in [1.29, 1.82) is 0 Å². The lowest BCUT2D eigenvalue weighted by Gasteiger charge is -2.18. The summed E-state index contributed by atoms with van der Waals surface area (Å²) < 4.78 is 8.95. The molecule has 5 heteroatoms. The molecule has 0 aromatic rings. The molecule has 0 bridgehead atoms. The molecule has 0 aliphatic carbocycles. The maximum atomic E-state index is 8.67. The molecule has 0 spiro atoms. The molecule has 0 aromatic heterocycles. The molecule has 1 saturated heterocycles. The Morgan fingerprint density at radius 2 is 1.88 bits per heavy atom. The van der Waals surface area contributed by atoms with Gasteiger partial charge in [-0.1, -0.05) is 0 Å². The van der Waals surface area contributed by atoms with Crippen LogP contribution in [0, 0.1) is 0 Å². The van der Waals surface area contributed by atoms with E-state index in [1.165, 1.54) is 0 Å². The normalized spacial score (nSPS) is 24.0. The third kappa shape index (κ3) is 1.45. The Morgan fingerprint density at radius 1 is 1.38 bits per heavy atom. The lowest BCUT2D eigenvalue weighted by Crippen LogP contribution is -2.38. The molecule has 0 radical (unpaired) electrons. The molecule has 0 atom stereocenters. The van der Waals surface area contributed by atoms with Gasteiger partial charge in [-0.05, 0) is 0 Å². The summed E-state index contributed by atoms with van der Waals surface area (Å²) in [6.07, 6.45) is -0.585. The molecular formula is C3H7BO4. The Hall–Kier alpha value is -0.0951. The van der Waals surface area contributed by atoms with Gasteiger partial charge in [0.25, 0.3) is 0 Å². The fraction of sp³-hybridized carbons (Fsp3) is 1.00. The maximum Gasteiger partial charge on any atom is 0.636 e. The Balaban J connectivity index is 2.19. The first kappa shape index (κ1) is 6.03. The Morgan fingerprint density at radius 3 is 2.25 bits per heavy atom. The predicted molar refractivity (Wildman–Crippen MR) is 25.9 cm³/mol. The van der Waals surface area contributed by atoms with Crippen molar-refractivity contribution < 1.29 is 19.4 Å². The van der Waals surface area contributed by atoms with E-state index >= 15 is 0 Å². The zero-order chi connectivity index (χ0) is 5.98. The van der Waals surface area contributed by atoms with Gasteiger partial charge >= 0.3 is 7.32 Å². The van der Waals surface area contributed by atoms with Gasteiger partial charge in [-0.25, -0.2) is 0 Å². The van der Waals surface area contributed by atoms with Gasteiger partial charge in [-0.3, -0.25) is 0 Å². The highest BCUT2D eigenvalue weighted by Crippen LogP contribution is 1.97. The molecule has 0 unspecified atom stereocenters. The van der Waals surface area contributed by atoms with Gasteiger partial charge in [0.05, 0.1) is 19.3 Å². The number of hydrogen-bond acceptors (Lipinski definition) is 4. The van der Waals surface area contributed by atoms with Crippen LogP contribution in [-0.2, 0) is 9.31 Å². The summed E-state index contributed by atoms with van der Waals surface area (Å²) in [6.45, 7) is 0.308. The molecule has 1 rings (SSSR count). The minimum atomic E-state index is -1.14. The summed E-state index contributed by atoms with van der Waals surface area (Å²) in [6, 6.07) is 0. The van der Waals surface area contributed by atoms with Gasteiger partial charge in [-0.15, -0.1) is 0 Å². The Labute approximate surface area is 47.2 Å². The summed E-state index contributed by atoms with van der Waals surface area (Å²) >= 11 is 0. The fourth-order valence-electron chi connectivity index (χ4n) is 0.483. The third-order valence-electron chi connectivity index (χ3n) is 0.862. The van der Waals surface area contributed by atoms with E-state index in [1.807, 2.05) is 0 Å². The molecule has 1 heterocycles. The topological polar surface area (TPSA) is 58.9 Å². The monoisotopic (exact) mass is 118 g/mol. The van der Waals surface area contributed by atoms with Crippen molar-refractivity contribution in [3.05, 3.63) is 0 Å². The quantitative estimate of drug-likeness (QED) is 0.375. The number of aliphatic hydroxyl groups is 1. The lowest BCUT2D eigenvalue weighted by molar-refractivity contribution is -0.0190. The van der Waals surface area contributed by atoms with Crippen LogP contribution in [0.4, 0.5) is 0 Å². The summed E-state index contributed by atoms with van der Waals surface area (Å²) in [5, 5.41) is 17.1. The van der Waals surface area contributed by atoms with Crippen LogP contribution in [0.2, 0.25) is 0 Å². The van der Waals surface area contributed by atoms with Crippen LogP contribution in [-0.4, -0.2) is 36.8 Å². The minimum absolute atomic E-state index is 0.154. The Kier molecular flexibility index (Phi) is 1.85. The van der Waals surface area contributed by atoms with E-state index < -0.39 is 13.4 Å². The number of rotatable bonds is 0. The number of hydrogen-bond donors (Lipinski definition) is 2. The van der Waals surface area contributed by atoms with Gasteiger partial charge < -0.3 is 19.4 Å². The van der Waals surface area contributed by atoms with E-state index in [2.05, 4.69) is 9.31 Å². The first-order chi connectivity index (χ1) is 3.79. The van der Waals surface area contributed by atoms with E-state index in [-0.39, 0.29) is 13.2 Å². The lowest BCUT2D eigenvalue weighted by atomic mass is 10.2. The van der Waals surface area contributed by atoms with Gasteiger partial charge in [0.1, 0.15) is 0 Å². The van der Waals surface area contributed by atoms with Crippen LogP contribution in [0.3, 0.4) is 0 Å². The molecule has 1 aliphatic heterocycles. The van der Waals surface area contributed by atoms with E-state index in [9.17, 15) is 0 Å². The molecule has 0 saturated carbocycles. The van der Waals surface area contributed by atoms with Gasteiger partial charge in [-0.2, -0.15) is 0 Å². The van der Waals surface area contributed by atoms with Crippen LogP contribution in [0.5, 0.6) is 0 Å². The highest BCUT2D eigenvalue weighted by molar-refractivity contribution is 6.34. The van der Waals surface area contributed by atoms with Gasteiger partial charge in [0.15, 0.2) is 0 Å². The van der Waals surface area contributed by atoms with Crippen LogP contribution in [0.25, 0.3) is 0 Å². The summed E-state index contributed by atoms with van der Waals surface area (Å²) in [5.74, 6) is 0. The molecule has 2 N–H and O–H groups in total. The zero-order valence-electron chi connectivity index (χ0n) is 4.28. The van der Waals surface area contributed by atoms with Crippen molar-refractivity contribution in [1.82, 2.24) is 0 Å². The van der Waals surface area contributed by atoms with Gasteiger partial charge in [0.2, 0.25) is 0 Å². The average Bonchev–Trinajstić information content (AvgIpc) is 1.77. The van der Waals surface area contributed by atoms with Crippen molar-refractivity contribution in [2.75, 3.05) is 13.2 Å². The molecular weight excluding hydrogens is 111 g/mol. The van der Waals surface area contributed by atoms with Crippen LogP contribution < -0.4 is 0 Å². The first-order valence-corrected chi connectivity index (χ1v) is 2.38. The van der Waals surface area contributed by atoms with Crippen molar-refractivity contribution in [2.45, 2.75) is 6.10 Å². The smallest absolute Gasteiger partial charge is 0.402 e. The second-order valence-electron chi connectivity index (χ2n) is 1.63. The standard InChI is InChI=1S/C3H7BO4/c5-3-1-7-4(6)8-2-3/h3,5-6H,1-2H2. The van der Waals surface area contributed by atoms with Crippen LogP contribution in [0.1, 0.15) is 0 Å².